The molecule has 2 aliphatic heterocycles. The number of carbonyl (C=O) groups is 2. The van der Waals surface area contributed by atoms with Crippen molar-refractivity contribution in [2.24, 2.45) is 11.3 Å². The summed E-state index contributed by atoms with van der Waals surface area (Å²) in [6, 6.07) is 10.4. The fraction of sp³-hybridized carbons (Fsp3) is 0.652. The number of nitrogens with one attached hydrogen (secondary N) is 1. The first kappa shape index (κ1) is 20.8. The summed E-state index contributed by atoms with van der Waals surface area (Å²) in [4.78, 5) is 29.1. The maximum atomic E-state index is 12.5. The highest BCUT2D eigenvalue weighted by atomic mass is 16.2. The Labute approximate surface area is 169 Å². The van der Waals surface area contributed by atoms with Crippen LogP contribution in [0.4, 0.5) is 0 Å². The first-order valence-electron chi connectivity index (χ1n) is 10.8. The summed E-state index contributed by atoms with van der Waals surface area (Å²) in [6.45, 7) is 8.97. The van der Waals surface area contributed by atoms with Crippen LogP contribution in [0.3, 0.4) is 0 Å². The molecule has 2 aliphatic rings. The summed E-state index contributed by atoms with van der Waals surface area (Å²) < 4.78 is 0. The predicted molar refractivity (Wildman–Crippen MR) is 112 cm³/mol. The molecule has 5 nitrogen and oxygen atoms in total. The summed E-state index contributed by atoms with van der Waals surface area (Å²) >= 11 is 0. The van der Waals surface area contributed by atoms with E-state index < -0.39 is 0 Å². The Morgan fingerprint density at radius 3 is 2.71 bits per heavy atom. The SMILES string of the molecule is CC(C)CNC(=O)CN1CCC[C@]2(CCC(=O)N(CCc3ccccc3)C2)C1. The Hall–Kier alpha value is -1.88. The van der Waals surface area contributed by atoms with Crippen LogP contribution in [0.1, 0.15) is 45.1 Å². The molecule has 2 amide bonds. The first-order valence-corrected chi connectivity index (χ1v) is 10.8. The lowest BCUT2D eigenvalue weighted by atomic mass is 9.73. The normalized spacial score (nSPS) is 23.4. The first-order chi connectivity index (χ1) is 13.5. The van der Waals surface area contributed by atoms with E-state index in [0.29, 0.717) is 18.9 Å². The molecule has 0 radical (unpaired) electrons. The molecule has 3 rings (SSSR count). The van der Waals surface area contributed by atoms with Crippen LogP contribution in [-0.4, -0.2) is 60.9 Å². The van der Waals surface area contributed by atoms with Crippen LogP contribution in [0.5, 0.6) is 0 Å². The molecule has 2 saturated heterocycles. The lowest BCUT2D eigenvalue weighted by molar-refractivity contribution is -0.140. The molecule has 0 aromatic heterocycles. The van der Waals surface area contributed by atoms with E-state index in [0.717, 1.165) is 58.4 Å². The molecule has 154 valence electrons. The van der Waals surface area contributed by atoms with Gasteiger partial charge >= 0.3 is 0 Å². The van der Waals surface area contributed by atoms with E-state index in [1.807, 2.05) is 6.07 Å². The summed E-state index contributed by atoms with van der Waals surface area (Å²) in [5, 5.41) is 3.03. The number of hydrogen-bond acceptors (Lipinski definition) is 3. The lowest BCUT2D eigenvalue weighted by Gasteiger charge is -2.48. The number of nitrogens with zero attached hydrogens (tertiary/aromatic N) is 2. The van der Waals surface area contributed by atoms with Crippen LogP contribution >= 0.6 is 0 Å². The van der Waals surface area contributed by atoms with E-state index in [1.54, 1.807) is 0 Å². The van der Waals surface area contributed by atoms with Gasteiger partial charge in [0.05, 0.1) is 6.54 Å². The van der Waals surface area contributed by atoms with Gasteiger partial charge in [-0.25, -0.2) is 0 Å². The topological polar surface area (TPSA) is 52.7 Å². The Bertz CT molecular complexity index is 661. The minimum atomic E-state index is 0.124. The zero-order chi connectivity index (χ0) is 20.0. The molecule has 0 saturated carbocycles. The highest BCUT2D eigenvalue weighted by molar-refractivity contribution is 5.78. The molecular weight excluding hydrogens is 350 g/mol. The molecule has 0 unspecified atom stereocenters. The number of hydrogen-bond donors (Lipinski definition) is 1. The second-order valence-electron chi connectivity index (χ2n) is 9.06. The number of amides is 2. The second kappa shape index (κ2) is 9.55. The smallest absolute Gasteiger partial charge is 0.234 e. The van der Waals surface area contributed by atoms with Crippen LogP contribution in [0.2, 0.25) is 0 Å². The second-order valence-corrected chi connectivity index (χ2v) is 9.06. The van der Waals surface area contributed by atoms with Crippen molar-refractivity contribution in [2.45, 2.75) is 46.0 Å². The van der Waals surface area contributed by atoms with Crippen molar-refractivity contribution in [3.63, 3.8) is 0 Å². The highest BCUT2D eigenvalue weighted by Gasteiger charge is 2.41. The van der Waals surface area contributed by atoms with Crippen LogP contribution in [0, 0.1) is 11.3 Å². The van der Waals surface area contributed by atoms with Gasteiger partial charge in [0.15, 0.2) is 0 Å². The maximum Gasteiger partial charge on any atom is 0.234 e. The monoisotopic (exact) mass is 385 g/mol. The van der Waals surface area contributed by atoms with Gasteiger partial charge in [-0.1, -0.05) is 44.2 Å². The molecule has 1 spiro atoms. The molecule has 0 bridgehead atoms. The van der Waals surface area contributed by atoms with Gasteiger partial charge in [0.1, 0.15) is 0 Å². The van der Waals surface area contributed by atoms with Gasteiger partial charge in [0.25, 0.3) is 0 Å². The van der Waals surface area contributed by atoms with E-state index >= 15 is 0 Å². The van der Waals surface area contributed by atoms with Crippen LogP contribution in [-0.2, 0) is 16.0 Å². The summed E-state index contributed by atoms with van der Waals surface area (Å²) in [6.07, 6.45) is 4.77. The van der Waals surface area contributed by atoms with Crippen molar-refractivity contribution in [3.8, 4) is 0 Å². The predicted octanol–water partition coefficient (Wildman–Crippen LogP) is 2.71. The number of rotatable bonds is 7. The fourth-order valence-corrected chi connectivity index (χ4v) is 4.57. The third kappa shape index (κ3) is 5.81. The molecule has 1 N–H and O–H groups in total. The van der Waals surface area contributed by atoms with E-state index in [1.165, 1.54) is 5.56 Å². The largest absolute Gasteiger partial charge is 0.355 e. The third-order valence-corrected chi connectivity index (χ3v) is 6.08. The van der Waals surface area contributed by atoms with Crippen molar-refractivity contribution in [3.05, 3.63) is 35.9 Å². The lowest BCUT2D eigenvalue weighted by Crippen LogP contribution is -2.55. The Morgan fingerprint density at radius 1 is 1.18 bits per heavy atom. The average Bonchev–Trinajstić information content (AvgIpc) is 2.68. The summed E-state index contributed by atoms with van der Waals surface area (Å²) in [5.74, 6) is 0.881. The van der Waals surface area contributed by atoms with E-state index in [9.17, 15) is 9.59 Å². The average molecular weight is 386 g/mol. The Balaban J connectivity index is 1.54. The third-order valence-electron chi connectivity index (χ3n) is 6.08. The Morgan fingerprint density at radius 2 is 1.96 bits per heavy atom. The highest BCUT2D eigenvalue weighted by Crippen LogP contribution is 2.38. The van der Waals surface area contributed by atoms with Gasteiger partial charge in [-0.05, 0) is 43.7 Å². The van der Waals surface area contributed by atoms with Crippen LogP contribution in [0.15, 0.2) is 30.3 Å². The number of carbonyl (C=O) groups excluding carboxylic acids is 2. The van der Waals surface area contributed by atoms with Crippen molar-refractivity contribution in [2.75, 3.05) is 39.3 Å². The van der Waals surface area contributed by atoms with E-state index in [2.05, 4.69) is 53.2 Å². The summed E-state index contributed by atoms with van der Waals surface area (Å²) in [5.41, 5.74) is 1.43. The van der Waals surface area contributed by atoms with Crippen molar-refractivity contribution in [1.82, 2.24) is 15.1 Å². The maximum absolute atomic E-state index is 12.5. The molecule has 2 fully saturated rings. The molecular formula is C23H35N3O2. The molecule has 5 heteroatoms. The molecule has 28 heavy (non-hydrogen) atoms. The molecule has 2 heterocycles. The van der Waals surface area contributed by atoms with Gasteiger partial charge in [-0.2, -0.15) is 0 Å². The van der Waals surface area contributed by atoms with Gasteiger partial charge < -0.3 is 10.2 Å². The zero-order valence-corrected chi connectivity index (χ0v) is 17.5. The van der Waals surface area contributed by atoms with Crippen molar-refractivity contribution >= 4 is 11.8 Å². The van der Waals surface area contributed by atoms with Crippen LogP contribution < -0.4 is 5.32 Å². The fourth-order valence-electron chi connectivity index (χ4n) is 4.57. The quantitative estimate of drug-likeness (QED) is 0.785. The standard InChI is InChI=1S/C23H35N3O2/c1-19(2)15-24-21(27)16-25-13-6-11-23(17-25)12-9-22(28)26(18-23)14-10-20-7-4-3-5-8-20/h3-5,7-8,19H,6,9-18H2,1-2H3,(H,24,27)/t23-/m0/s1. The Kier molecular flexibility index (Phi) is 7.11. The van der Waals surface area contributed by atoms with Crippen molar-refractivity contribution < 1.29 is 9.59 Å². The summed E-state index contributed by atoms with van der Waals surface area (Å²) in [7, 11) is 0. The van der Waals surface area contributed by atoms with Gasteiger partial charge in [-0.3, -0.25) is 14.5 Å². The van der Waals surface area contributed by atoms with Gasteiger partial charge in [0.2, 0.25) is 11.8 Å². The molecule has 0 aliphatic carbocycles. The number of piperidine rings is 2. The zero-order valence-electron chi connectivity index (χ0n) is 17.5. The van der Waals surface area contributed by atoms with Crippen LogP contribution in [0.25, 0.3) is 0 Å². The minimum Gasteiger partial charge on any atom is -0.355 e. The van der Waals surface area contributed by atoms with Gasteiger partial charge in [-0.15, -0.1) is 0 Å². The molecule has 1 aromatic rings. The van der Waals surface area contributed by atoms with E-state index in [4.69, 9.17) is 0 Å². The van der Waals surface area contributed by atoms with E-state index in [-0.39, 0.29) is 17.2 Å². The number of benzene rings is 1. The number of likely N-dealkylation sites (tertiary alicyclic amines) is 2. The molecule has 1 atom stereocenters. The van der Waals surface area contributed by atoms with Crippen molar-refractivity contribution in [1.29, 1.82) is 0 Å². The van der Waals surface area contributed by atoms with Gasteiger partial charge in [0, 0.05) is 38.0 Å². The molecule has 1 aromatic carbocycles. The minimum absolute atomic E-state index is 0.124.